The van der Waals surface area contributed by atoms with Crippen LogP contribution >= 0.6 is 22.7 Å². The summed E-state index contributed by atoms with van der Waals surface area (Å²) in [6, 6.07) is 11.7. The molecule has 1 aromatic carbocycles. The average Bonchev–Trinajstić information content (AvgIpc) is 3.34. The molecule has 4 rings (SSSR count). The molecule has 0 aliphatic carbocycles. The van der Waals surface area contributed by atoms with E-state index in [-0.39, 0.29) is 5.56 Å². The van der Waals surface area contributed by atoms with Crippen molar-refractivity contribution in [2.75, 3.05) is 0 Å². The summed E-state index contributed by atoms with van der Waals surface area (Å²) in [5.41, 5.74) is 4.05. The van der Waals surface area contributed by atoms with Gasteiger partial charge in [0, 0.05) is 12.4 Å². The molecule has 0 saturated carbocycles. The largest absolute Gasteiger partial charge is 0.297 e. The molecule has 6 nitrogen and oxygen atoms in total. The molecule has 0 fully saturated rings. The van der Waals surface area contributed by atoms with Crippen molar-refractivity contribution in [3.05, 3.63) is 84.1 Å². The summed E-state index contributed by atoms with van der Waals surface area (Å²) >= 11 is 3.12. The molecule has 0 amide bonds. The number of para-hydroxylation sites is 1. The lowest BCUT2D eigenvalue weighted by Crippen LogP contribution is -2.19. The zero-order chi connectivity index (χ0) is 20.5. The Hall–Kier alpha value is -2.97. The van der Waals surface area contributed by atoms with Crippen LogP contribution in [-0.4, -0.2) is 20.3 Å². The van der Waals surface area contributed by atoms with Crippen molar-refractivity contribution >= 4 is 34.6 Å². The van der Waals surface area contributed by atoms with Gasteiger partial charge in [0.15, 0.2) is 5.69 Å². The lowest BCUT2D eigenvalue weighted by Gasteiger charge is -2.07. The number of aryl methyl sites for hydroxylation is 2. The second-order valence-corrected chi connectivity index (χ2v) is 8.49. The molecule has 0 bridgehead atoms. The molecule has 0 N–H and O–H groups in total. The van der Waals surface area contributed by atoms with Gasteiger partial charge in [-0.1, -0.05) is 18.2 Å². The third-order valence-corrected chi connectivity index (χ3v) is 6.66. The first kappa shape index (κ1) is 19.4. The van der Waals surface area contributed by atoms with Gasteiger partial charge in [-0.15, -0.1) is 22.7 Å². The third kappa shape index (κ3) is 3.56. The van der Waals surface area contributed by atoms with Crippen molar-refractivity contribution in [3.8, 4) is 5.69 Å². The van der Waals surface area contributed by atoms with Crippen LogP contribution < -0.4 is 10.4 Å². The second kappa shape index (κ2) is 7.81. The van der Waals surface area contributed by atoms with E-state index in [1.54, 1.807) is 20.7 Å². The van der Waals surface area contributed by atoms with E-state index in [1.165, 1.54) is 16.9 Å². The molecule has 8 heteroatoms. The van der Waals surface area contributed by atoms with Gasteiger partial charge in [0.1, 0.15) is 0 Å². The molecule has 3 aromatic heterocycles. The first-order valence-electron chi connectivity index (χ1n) is 9.11. The molecule has 0 spiro atoms. The Morgan fingerprint density at radius 2 is 1.79 bits per heavy atom. The normalized spacial score (nSPS) is 12.3. The Balaban J connectivity index is 1.84. The van der Waals surface area contributed by atoms with Crippen LogP contribution in [0.2, 0.25) is 0 Å². The van der Waals surface area contributed by atoms with Gasteiger partial charge in [-0.05, 0) is 49.9 Å². The summed E-state index contributed by atoms with van der Waals surface area (Å²) in [5.74, 6) is 0. The minimum absolute atomic E-state index is 0.146. The summed E-state index contributed by atoms with van der Waals surface area (Å²) in [6.45, 7) is 5.95. The van der Waals surface area contributed by atoms with E-state index in [0.717, 1.165) is 22.0 Å². The second-order valence-electron chi connectivity index (χ2n) is 6.71. The van der Waals surface area contributed by atoms with Crippen molar-refractivity contribution in [2.24, 2.45) is 17.1 Å². The van der Waals surface area contributed by atoms with Gasteiger partial charge in [-0.25, -0.2) is 14.4 Å². The maximum absolute atomic E-state index is 13.1. The Bertz CT molecular complexity index is 1320. The summed E-state index contributed by atoms with van der Waals surface area (Å²) in [5, 5.41) is 8.65. The molecule has 0 saturated heterocycles. The molecule has 0 unspecified atom stereocenters. The van der Waals surface area contributed by atoms with Crippen LogP contribution in [-0.2, 0) is 7.05 Å². The molecule has 4 aromatic rings. The highest BCUT2D eigenvalue weighted by Gasteiger charge is 2.16. The molecular weight excluding hydrogens is 402 g/mol. The van der Waals surface area contributed by atoms with Crippen LogP contribution in [0.5, 0.6) is 0 Å². The van der Waals surface area contributed by atoms with Crippen molar-refractivity contribution in [3.63, 3.8) is 0 Å². The SMILES string of the molecule is Cc1ccsc1C=Nn1c(C)csc1=Nc1c(C)n(C)n(-c2ccccc2)c1=O. The summed E-state index contributed by atoms with van der Waals surface area (Å²) < 4.78 is 5.25. The first-order valence-corrected chi connectivity index (χ1v) is 10.9. The van der Waals surface area contributed by atoms with E-state index in [2.05, 4.69) is 18.1 Å². The van der Waals surface area contributed by atoms with Crippen LogP contribution in [0.15, 0.2) is 62.0 Å². The predicted molar refractivity (Wildman–Crippen MR) is 120 cm³/mol. The number of aromatic nitrogens is 3. The fraction of sp³-hybridized carbons (Fsp3) is 0.190. The van der Waals surface area contributed by atoms with E-state index < -0.39 is 0 Å². The highest BCUT2D eigenvalue weighted by Crippen LogP contribution is 2.17. The van der Waals surface area contributed by atoms with Crippen molar-refractivity contribution in [1.82, 2.24) is 14.0 Å². The highest BCUT2D eigenvalue weighted by atomic mass is 32.1. The molecule has 29 heavy (non-hydrogen) atoms. The quantitative estimate of drug-likeness (QED) is 0.455. The average molecular weight is 424 g/mol. The van der Waals surface area contributed by atoms with Gasteiger partial charge in [-0.2, -0.15) is 5.10 Å². The first-order chi connectivity index (χ1) is 14.0. The Morgan fingerprint density at radius 3 is 2.48 bits per heavy atom. The van der Waals surface area contributed by atoms with E-state index in [9.17, 15) is 4.79 Å². The molecular formula is C21H21N5OS2. The van der Waals surface area contributed by atoms with E-state index in [0.29, 0.717) is 10.5 Å². The minimum atomic E-state index is -0.146. The smallest absolute Gasteiger partial charge is 0.283 e. The fourth-order valence-electron chi connectivity index (χ4n) is 3.01. The highest BCUT2D eigenvalue weighted by molar-refractivity contribution is 7.11. The standard InChI is InChI=1S/C21H21N5OS2/c1-14-10-11-28-18(14)12-22-25-15(2)13-29-21(25)23-19-16(3)24(4)26(20(19)27)17-8-6-5-7-9-17/h5-13H,1-4H3. The Labute approximate surface area is 176 Å². The van der Waals surface area contributed by atoms with Crippen LogP contribution in [0.1, 0.15) is 21.8 Å². The predicted octanol–water partition coefficient (Wildman–Crippen LogP) is 4.14. The molecule has 0 aliphatic heterocycles. The van der Waals surface area contributed by atoms with E-state index in [4.69, 9.17) is 4.99 Å². The van der Waals surface area contributed by atoms with Gasteiger partial charge < -0.3 is 0 Å². The van der Waals surface area contributed by atoms with E-state index >= 15 is 0 Å². The number of thiophene rings is 1. The fourth-order valence-corrected chi connectivity index (χ4v) is 4.60. The van der Waals surface area contributed by atoms with E-state index in [1.807, 2.05) is 72.9 Å². The molecule has 148 valence electrons. The van der Waals surface area contributed by atoms with Gasteiger partial charge >= 0.3 is 0 Å². The lowest BCUT2D eigenvalue weighted by molar-refractivity contribution is 0.630. The van der Waals surface area contributed by atoms with Crippen LogP contribution in [0, 0.1) is 20.8 Å². The molecule has 3 heterocycles. The Kier molecular flexibility index (Phi) is 5.21. The summed E-state index contributed by atoms with van der Waals surface area (Å²) in [7, 11) is 1.87. The zero-order valence-corrected chi connectivity index (χ0v) is 18.3. The topological polar surface area (TPSA) is 56.6 Å². The minimum Gasteiger partial charge on any atom is -0.283 e. The van der Waals surface area contributed by atoms with Gasteiger partial charge in [-0.3, -0.25) is 9.48 Å². The summed E-state index contributed by atoms with van der Waals surface area (Å²) in [6.07, 6.45) is 1.85. The number of nitrogens with zero attached hydrogens (tertiary/aromatic N) is 5. The van der Waals surface area contributed by atoms with Crippen molar-refractivity contribution in [2.45, 2.75) is 20.8 Å². The zero-order valence-electron chi connectivity index (χ0n) is 16.7. The third-order valence-electron chi connectivity index (χ3n) is 4.77. The lowest BCUT2D eigenvalue weighted by atomic mass is 10.3. The number of rotatable bonds is 4. The van der Waals surface area contributed by atoms with Gasteiger partial charge in [0.2, 0.25) is 4.80 Å². The maximum Gasteiger partial charge on any atom is 0.297 e. The van der Waals surface area contributed by atoms with Crippen molar-refractivity contribution < 1.29 is 0 Å². The van der Waals surface area contributed by atoms with Crippen LogP contribution in [0.25, 0.3) is 5.69 Å². The van der Waals surface area contributed by atoms with Crippen molar-refractivity contribution in [1.29, 1.82) is 0 Å². The van der Waals surface area contributed by atoms with Crippen LogP contribution in [0.3, 0.4) is 0 Å². The maximum atomic E-state index is 13.1. The number of hydrogen-bond acceptors (Lipinski definition) is 5. The molecule has 0 radical (unpaired) electrons. The number of hydrogen-bond donors (Lipinski definition) is 0. The van der Waals surface area contributed by atoms with Crippen LogP contribution in [0.4, 0.5) is 5.69 Å². The van der Waals surface area contributed by atoms with Gasteiger partial charge in [0.25, 0.3) is 5.56 Å². The Morgan fingerprint density at radius 1 is 1.03 bits per heavy atom. The molecule has 0 atom stereocenters. The summed E-state index contributed by atoms with van der Waals surface area (Å²) in [4.78, 5) is 19.6. The molecule has 0 aliphatic rings. The van der Waals surface area contributed by atoms with Gasteiger partial charge in [0.05, 0.1) is 28.2 Å². The number of thiazole rings is 1. The monoisotopic (exact) mass is 423 g/mol. The number of benzene rings is 1.